The van der Waals surface area contributed by atoms with Crippen molar-refractivity contribution in [2.75, 3.05) is 40.5 Å². The van der Waals surface area contributed by atoms with Gasteiger partial charge in [0.25, 0.3) is 0 Å². The predicted octanol–water partition coefficient (Wildman–Crippen LogP) is 13.2. The molecule has 6 aromatic rings. The fourth-order valence-corrected chi connectivity index (χ4v) is 11.8. The molecule has 2 fully saturated rings. The number of aromatic nitrogens is 4. The highest BCUT2D eigenvalue weighted by Gasteiger charge is 2.41. The van der Waals surface area contributed by atoms with Crippen LogP contribution in [-0.4, -0.2) is 93.3 Å². The Morgan fingerprint density at radius 3 is 1.66 bits per heavy atom. The second-order valence-electron chi connectivity index (χ2n) is 20.4. The molecule has 0 amide bonds. The maximum Gasteiger partial charge on any atom is 0.150 e. The van der Waals surface area contributed by atoms with E-state index in [1.807, 2.05) is 39.8 Å². The molecule has 364 valence electrons. The number of methoxy groups -OCH3 is 2. The average molecular weight is 1060 g/mol. The van der Waals surface area contributed by atoms with Gasteiger partial charge >= 0.3 is 0 Å². The van der Waals surface area contributed by atoms with Gasteiger partial charge in [-0.1, -0.05) is 56.1 Å². The minimum absolute atomic E-state index is 0.00323. The number of hydrogen-bond acceptors (Lipinski definition) is 8. The minimum atomic E-state index is -1.32. The average Bonchev–Trinajstić information content (AvgIpc) is 3.96. The molecule has 14 heteroatoms. The number of alkyl halides is 2. The number of halogens is 4. The molecule has 4 aliphatic heterocycles. The topological polar surface area (TPSA) is 79.0 Å². The monoisotopic (exact) mass is 1060 g/mol. The molecule has 6 heterocycles. The van der Waals surface area contributed by atoms with Gasteiger partial charge in [0, 0.05) is 75.4 Å². The molecule has 0 spiro atoms. The largest absolute Gasteiger partial charge is 0.496 e. The molecule has 2 unspecified atom stereocenters. The van der Waals surface area contributed by atoms with Crippen molar-refractivity contribution in [3.63, 3.8) is 0 Å². The van der Waals surface area contributed by atoms with Crippen molar-refractivity contribution in [3.8, 4) is 11.5 Å². The van der Waals surface area contributed by atoms with Crippen LogP contribution in [0.5, 0.6) is 11.5 Å². The summed E-state index contributed by atoms with van der Waals surface area (Å²) in [6.45, 7) is 13.3. The zero-order valence-electron chi connectivity index (χ0n) is 40.7. The molecule has 0 bridgehead atoms. The van der Waals surface area contributed by atoms with Crippen LogP contribution in [0.2, 0.25) is 0 Å². The first kappa shape index (κ1) is 49.1. The van der Waals surface area contributed by atoms with Gasteiger partial charge in [0.2, 0.25) is 0 Å². The van der Waals surface area contributed by atoms with Crippen molar-refractivity contribution in [1.82, 2.24) is 29.4 Å². The smallest absolute Gasteiger partial charge is 0.150 e. The van der Waals surface area contributed by atoms with Crippen LogP contribution in [-0.2, 0) is 22.3 Å². The van der Waals surface area contributed by atoms with E-state index in [0.717, 1.165) is 107 Å². The van der Waals surface area contributed by atoms with Crippen LogP contribution >= 0.6 is 31.9 Å². The Labute approximate surface area is 416 Å². The second-order valence-corrected chi connectivity index (χ2v) is 22.3. The van der Waals surface area contributed by atoms with E-state index >= 15 is 8.78 Å². The third-order valence-electron chi connectivity index (χ3n) is 14.1. The summed E-state index contributed by atoms with van der Waals surface area (Å²) in [5.41, 5.74) is 6.51. The fourth-order valence-electron chi connectivity index (χ4n) is 11.1. The van der Waals surface area contributed by atoms with E-state index in [1.54, 1.807) is 41.9 Å². The molecule has 0 N–H and O–H groups in total. The minimum Gasteiger partial charge on any atom is -0.496 e. The summed E-state index contributed by atoms with van der Waals surface area (Å²) >= 11 is 7.13. The van der Waals surface area contributed by atoms with Gasteiger partial charge < -0.3 is 18.9 Å². The Bertz CT molecular complexity index is 2640. The zero-order chi connectivity index (χ0) is 48.1. The number of hydrogen-bond donors (Lipinski definition) is 0. The Morgan fingerprint density at radius 2 is 1.16 bits per heavy atom. The van der Waals surface area contributed by atoms with E-state index in [4.69, 9.17) is 29.1 Å². The first-order valence-corrected chi connectivity index (χ1v) is 25.9. The SMILES string of the molecule is COc1cc(Br)ccc1[C@@H]1c2ccc3c(cnn3C3CCCCO3)c2C[C@@H](C)N1CC(C)(C)F.COc1cc(Br)ccc1[C@@H]1c2ccc3nn(C4CCCCO4)cc3c2C[C@@H](C)N1CC(C)(C)F. The molecule has 10 nitrogen and oxygen atoms in total. The summed E-state index contributed by atoms with van der Waals surface area (Å²) in [6.07, 6.45) is 12.4. The van der Waals surface area contributed by atoms with Gasteiger partial charge in [0.05, 0.1) is 43.5 Å². The summed E-state index contributed by atoms with van der Waals surface area (Å²) in [4.78, 5) is 4.57. The van der Waals surface area contributed by atoms with Gasteiger partial charge in [-0.3, -0.25) is 9.80 Å². The molecule has 4 aliphatic rings. The molecule has 10 rings (SSSR count). The van der Waals surface area contributed by atoms with Crippen LogP contribution in [0.1, 0.15) is 138 Å². The molecular formula is C54H66Br2F2N6O4. The van der Waals surface area contributed by atoms with E-state index in [2.05, 4.69) is 98.1 Å². The number of fused-ring (bicyclic) bond motifs is 6. The van der Waals surface area contributed by atoms with Crippen molar-refractivity contribution >= 4 is 53.7 Å². The quantitative estimate of drug-likeness (QED) is 0.134. The predicted molar refractivity (Wildman–Crippen MR) is 272 cm³/mol. The summed E-state index contributed by atoms with van der Waals surface area (Å²) < 4.78 is 59.6. The van der Waals surface area contributed by atoms with Gasteiger partial charge in [-0.05, 0) is 152 Å². The van der Waals surface area contributed by atoms with Gasteiger partial charge in [-0.25, -0.2) is 18.1 Å². The fraction of sp³-hybridized carbons (Fsp3) is 0.519. The second kappa shape index (κ2) is 20.1. The molecule has 6 atom stereocenters. The van der Waals surface area contributed by atoms with E-state index in [9.17, 15) is 0 Å². The molecule has 0 radical (unpaired) electrons. The number of rotatable bonds is 10. The van der Waals surface area contributed by atoms with Crippen molar-refractivity contribution < 1.29 is 27.7 Å². The normalized spacial score (nSPS) is 23.8. The molecular weight excluding hydrogens is 994 g/mol. The van der Waals surface area contributed by atoms with E-state index in [0.29, 0.717) is 13.1 Å². The summed E-state index contributed by atoms with van der Waals surface area (Å²) in [6, 6.07) is 20.9. The number of nitrogens with zero attached hydrogens (tertiary/aromatic N) is 6. The molecule has 2 saturated heterocycles. The highest BCUT2D eigenvalue weighted by molar-refractivity contribution is 9.10. The first-order chi connectivity index (χ1) is 32.5. The third kappa shape index (κ3) is 10.1. The third-order valence-corrected chi connectivity index (χ3v) is 15.1. The van der Waals surface area contributed by atoms with E-state index < -0.39 is 11.3 Å². The lowest BCUT2D eigenvalue weighted by atomic mass is 9.82. The first-order valence-electron chi connectivity index (χ1n) is 24.3. The Hall–Kier alpha value is -3.92. The lowest BCUT2D eigenvalue weighted by Gasteiger charge is -2.44. The standard InChI is InChI=1S/2C27H33BrFN3O2/c1-17-13-21-19(10-11-23-22(21)15-32(30-23)25-7-5-6-12-34-25)26(31(17)16-27(2,3)29)20-9-8-18(28)14-24(20)33-4;1-17-13-21-19(10-11-23-22(21)15-30-32(23)25-7-5-6-12-34-25)26(31(17)16-27(2,3)29)20-9-8-18(28)14-24(20)33-4/h2*8-11,14-15,17,25-26H,5-7,12-13,16H2,1-4H3/t2*17-,25?,26+/m11/s1. The van der Waals surface area contributed by atoms with E-state index in [-0.39, 0.29) is 36.6 Å². The van der Waals surface area contributed by atoms with Gasteiger partial charge in [0.15, 0.2) is 6.23 Å². The van der Waals surface area contributed by atoms with Crippen molar-refractivity contribution in [1.29, 1.82) is 0 Å². The van der Waals surface area contributed by atoms with Crippen LogP contribution in [0.3, 0.4) is 0 Å². The highest BCUT2D eigenvalue weighted by atomic mass is 79.9. The maximum atomic E-state index is 15.0. The van der Waals surface area contributed by atoms with Crippen LogP contribution < -0.4 is 9.47 Å². The lowest BCUT2D eigenvalue weighted by molar-refractivity contribution is -0.0390. The molecule has 4 aromatic carbocycles. The lowest BCUT2D eigenvalue weighted by Crippen LogP contribution is -2.47. The summed E-state index contributed by atoms with van der Waals surface area (Å²) in [5, 5.41) is 12.0. The number of ether oxygens (including phenoxy) is 4. The van der Waals surface area contributed by atoms with Crippen LogP contribution in [0, 0.1) is 0 Å². The molecule has 2 aromatic heterocycles. The molecule has 0 aliphatic carbocycles. The van der Waals surface area contributed by atoms with Gasteiger partial charge in [-0.15, -0.1) is 0 Å². The van der Waals surface area contributed by atoms with Gasteiger partial charge in [-0.2, -0.15) is 10.2 Å². The van der Waals surface area contributed by atoms with Crippen molar-refractivity contribution in [3.05, 3.63) is 115 Å². The van der Waals surface area contributed by atoms with E-state index in [1.165, 1.54) is 33.0 Å². The maximum absolute atomic E-state index is 15.0. The van der Waals surface area contributed by atoms with Crippen molar-refractivity contribution in [2.45, 2.75) is 141 Å². The van der Waals surface area contributed by atoms with Gasteiger partial charge in [0.1, 0.15) is 29.1 Å². The Kier molecular flexibility index (Phi) is 14.5. The molecule has 0 saturated carbocycles. The highest BCUT2D eigenvalue weighted by Crippen LogP contribution is 2.47. The van der Waals surface area contributed by atoms with Crippen molar-refractivity contribution in [2.24, 2.45) is 0 Å². The Morgan fingerprint density at radius 1 is 0.662 bits per heavy atom. The van der Waals surface area contributed by atoms with Crippen LogP contribution in [0.25, 0.3) is 21.8 Å². The van der Waals surface area contributed by atoms with Crippen LogP contribution in [0.15, 0.2) is 82.0 Å². The number of benzene rings is 4. The zero-order valence-corrected chi connectivity index (χ0v) is 43.9. The summed E-state index contributed by atoms with van der Waals surface area (Å²) in [5.74, 6) is 1.60. The molecule has 68 heavy (non-hydrogen) atoms. The summed E-state index contributed by atoms with van der Waals surface area (Å²) in [7, 11) is 3.39. The van der Waals surface area contributed by atoms with Crippen LogP contribution in [0.4, 0.5) is 8.78 Å². The Balaban J connectivity index is 0.000000170.